The molecule has 0 aliphatic heterocycles. The van der Waals surface area contributed by atoms with Crippen molar-refractivity contribution in [3.8, 4) is 28.3 Å². The summed E-state index contributed by atoms with van der Waals surface area (Å²) in [6.45, 7) is 0. The minimum absolute atomic E-state index is 0.172. The molecule has 0 fully saturated rings. The second kappa shape index (κ2) is 5.12. The van der Waals surface area contributed by atoms with Gasteiger partial charge in [0.15, 0.2) is 0 Å². The van der Waals surface area contributed by atoms with E-state index in [1.807, 2.05) is 24.3 Å². The van der Waals surface area contributed by atoms with E-state index < -0.39 is 0 Å². The van der Waals surface area contributed by atoms with Crippen LogP contribution in [0, 0.1) is 0 Å². The molecular weight excluding hydrogens is 272 g/mol. The van der Waals surface area contributed by atoms with Crippen molar-refractivity contribution in [2.45, 2.75) is 0 Å². The molecule has 0 atom stereocenters. The molecule has 0 saturated heterocycles. The smallest absolute Gasteiger partial charge is 0.264 e. The molecule has 0 bridgehead atoms. The second-order valence-corrected chi connectivity index (χ2v) is 4.31. The van der Waals surface area contributed by atoms with Crippen LogP contribution in [0.3, 0.4) is 0 Å². The number of H-pyrrole nitrogens is 1. The lowest BCUT2D eigenvalue weighted by molar-refractivity contribution is 0.415. The van der Waals surface area contributed by atoms with E-state index in [1.54, 1.807) is 13.2 Å². The van der Waals surface area contributed by atoms with Crippen LogP contribution in [0.5, 0.6) is 5.75 Å². The monoisotopic (exact) mass is 284 g/mol. The third-order valence-corrected chi connectivity index (χ3v) is 3.00. The van der Waals surface area contributed by atoms with Crippen LogP contribution in [0.4, 0.5) is 5.88 Å². The number of aromatic amines is 1. The quantitative estimate of drug-likeness (QED) is 0.757. The summed E-state index contributed by atoms with van der Waals surface area (Å²) < 4.78 is 10.3. The zero-order valence-electron chi connectivity index (χ0n) is 11.2. The Kier molecular flexibility index (Phi) is 3.15. The fourth-order valence-electron chi connectivity index (χ4n) is 2.01. The van der Waals surface area contributed by atoms with E-state index >= 15 is 0 Å². The molecule has 7 heteroatoms. The lowest BCUT2D eigenvalue weighted by Gasteiger charge is -2.04. The summed E-state index contributed by atoms with van der Waals surface area (Å²) in [5, 5.41) is 10.2. The summed E-state index contributed by atoms with van der Waals surface area (Å²) >= 11 is 0. The van der Waals surface area contributed by atoms with Gasteiger partial charge in [-0.15, -0.1) is 0 Å². The van der Waals surface area contributed by atoms with E-state index in [-0.39, 0.29) is 11.4 Å². The molecule has 0 spiro atoms. The Bertz CT molecular complexity index is 818. The van der Waals surface area contributed by atoms with Crippen molar-refractivity contribution in [2.75, 3.05) is 12.8 Å². The van der Waals surface area contributed by atoms with Crippen molar-refractivity contribution >= 4 is 5.88 Å². The van der Waals surface area contributed by atoms with E-state index in [0.29, 0.717) is 22.7 Å². The second-order valence-electron chi connectivity index (χ2n) is 4.31. The summed E-state index contributed by atoms with van der Waals surface area (Å²) in [6.07, 6.45) is 0. The number of anilines is 1. The SMILES string of the molecule is COc1cccc(-c2c(-c3ccc(=O)[nH]n3)noc2N)c1. The molecule has 3 aromatic rings. The zero-order valence-corrected chi connectivity index (χ0v) is 11.2. The molecule has 3 rings (SSSR count). The molecule has 0 amide bonds. The maximum absolute atomic E-state index is 11.1. The summed E-state index contributed by atoms with van der Waals surface area (Å²) in [6, 6.07) is 10.3. The van der Waals surface area contributed by atoms with Gasteiger partial charge in [-0.25, -0.2) is 5.10 Å². The first kappa shape index (κ1) is 12.9. The average Bonchev–Trinajstić information content (AvgIpc) is 2.90. The van der Waals surface area contributed by atoms with E-state index in [1.165, 1.54) is 6.07 Å². The molecule has 2 heterocycles. The number of nitrogens with two attached hydrogens (primary N) is 1. The Hall–Kier alpha value is -3.09. The number of benzene rings is 1. The van der Waals surface area contributed by atoms with Crippen LogP contribution < -0.4 is 16.0 Å². The minimum atomic E-state index is -0.293. The van der Waals surface area contributed by atoms with Gasteiger partial charge in [-0.2, -0.15) is 5.10 Å². The first-order valence-corrected chi connectivity index (χ1v) is 6.14. The van der Waals surface area contributed by atoms with Gasteiger partial charge in [-0.1, -0.05) is 17.3 Å². The molecule has 7 nitrogen and oxygen atoms in total. The maximum atomic E-state index is 11.1. The molecule has 1 aromatic carbocycles. The van der Waals surface area contributed by atoms with Gasteiger partial charge in [0.05, 0.1) is 12.7 Å². The molecule has 21 heavy (non-hydrogen) atoms. The summed E-state index contributed by atoms with van der Waals surface area (Å²) in [7, 11) is 1.58. The number of hydrogen-bond donors (Lipinski definition) is 2. The van der Waals surface area contributed by atoms with Gasteiger partial charge in [0.25, 0.3) is 5.56 Å². The van der Waals surface area contributed by atoms with Gasteiger partial charge in [0.2, 0.25) is 5.88 Å². The number of methoxy groups -OCH3 is 1. The molecule has 0 unspecified atom stereocenters. The van der Waals surface area contributed by atoms with Crippen molar-refractivity contribution in [1.29, 1.82) is 0 Å². The largest absolute Gasteiger partial charge is 0.497 e. The van der Waals surface area contributed by atoms with Crippen LogP contribution in [0.1, 0.15) is 0 Å². The number of nitrogens with zero attached hydrogens (tertiary/aromatic N) is 2. The van der Waals surface area contributed by atoms with Crippen molar-refractivity contribution in [3.05, 3.63) is 46.8 Å². The minimum Gasteiger partial charge on any atom is -0.497 e. The van der Waals surface area contributed by atoms with Crippen LogP contribution in [0.25, 0.3) is 22.5 Å². The fraction of sp³-hybridized carbons (Fsp3) is 0.0714. The van der Waals surface area contributed by atoms with Crippen molar-refractivity contribution in [1.82, 2.24) is 15.4 Å². The molecule has 106 valence electrons. The number of rotatable bonds is 3. The van der Waals surface area contributed by atoms with Gasteiger partial charge in [-0.05, 0) is 23.8 Å². The van der Waals surface area contributed by atoms with E-state index in [9.17, 15) is 4.79 Å². The molecule has 0 saturated carbocycles. The first-order chi connectivity index (χ1) is 10.2. The molecule has 0 radical (unpaired) electrons. The van der Waals surface area contributed by atoms with E-state index in [4.69, 9.17) is 15.0 Å². The van der Waals surface area contributed by atoms with Gasteiger partial charge < -0.3 is 15.0 Å². The number of nitrogens with one attached hydrogen (secondary N) is 1. The Morgan fingerprint density at radius 1 is 1.29 bits per heavy atom. The van der Waals surface area contributed by atoms with Crippen LogP contribution in [0.2, 0.25) is 0 Å². The Labute approximate surface area is 119 Å². The lowest BCUT2D eigenvalue weighted by atomic mass is 10.0. The summed E-state index contributed by atoms with van der Waals surface area (Å²) in [5.74, 6) is 0.861. The number of hydrogen-bond acceptors (Lipinski definition) is 6. The van der Waals surface area contributed by atoms with Crippen molar-refractivity contribution < 1.29 is 9.26 Å². The first-order valence-electron chi connectivity index (χ1n) is 6.14. The standard InChI is InChI=1S/C14H12N4O3/c1-20-9-4-2-3-8(7-9)12-13(18-21-14(12)15)10-5-6-11(19)17-16-10/h2-7H,15H2,1H3,(H,17,19). The van der Waals surface area contributed by atoms with Crippen LogP contribution in [-0.4, -0.2) is 22.5 Å². The van der Waals surface area contributed by atoms with Crippen molar-refractivity contribution in [3.63, 3.8) is 0 Å². The molecule has 2 aromatic heterocycles. The fourth-order valence-corrected chi connectivity index (χ4v) is 2.01. The van der Waals surface area contributed by atoms with E-state index in [0.717, 1.165) is 5.56 Å². The Balaban J connectivity index is 2.16. The summed E-state index contributed by atoms with van der Waals surface area (Å²) in [4.78, 5) is 11.1. The average molecular weight is 284 g/mol. The number of nitrogen functional groups attached to an aromatic ring is 1. The number of ether oxygens (including phenoxy) is 1. The van der Waals surface area contributed by atoms with Crippen LogP contribution in [0.15, 0.2) is 45.7 Å². The summed E-state index contributed by atoms with van der Waals surface area (Å²) in [5.41, 5.74) is 7.88. The predicted octanol–water partition coefficient (Wildman–Crippen LogP) is 1.68. The molecule has 3 N–H and O–H groups in total. The Morgan fingerprint density at radius 3 is 2.86 bits per heavy atom. The van der Waals surface area contributed by atoms with Crippen LogP contribution in [-0.2, 0) is 0 Å². The predicted molar refractivity (Wildman–Crippen MR) is 76.8 cm³/mol. The third kappa shape index (κ3) is 2.36. The highest BCUT2D eigenvalue weighted by Gasteiger charge is 2.19. The van der Waals surface area contributed by atoms with Gasteiger partial charge in [-0.3, -0.25) is 4.79 Å². The molecule has 0 aliphatic rings. The van der Waals surface area contributed by atoms with Gasteiger partial charge >= 0.3 is 0 Å². The molecular formula is C14H12N4O3. The normalized spacial score (nSPS) is 10.5. The number of aromatic nitrogens is 3. The van der Waals surface area contributed by atoms with Crippen molar-refractivity contribution in [2.24, 2.45) is 0 Å². The highest BCUT2D eigenvalue weighted by Crippen LogP contribution is 2.36. The zero-order chi connectivity index (χ0) is 14.8. The van der Waals surface area contributed by atoms with E-state index in [2.05, 4.69) is 15.4 Å². The van der Waals surface area contributed by atoms with Crippen LogP contribution >= 0.6 is 0 Å². The highest BCUT2D eigenvalue weighted by atomic mass is 16.5. The van der Waals surface area contributed by atoms with Gasteiger partial charge in [0.1, 0.15) is 17.1 Å². The Morgan fingerprint density at radius 2 is 2.14 bits per heavy atom. The topological polar surface area (TPSA) is 107 Å². The maximum Gasteiger partial charge on any atom is 0.264 e. The molecule has 0 aliphatic carbocycles. The third-order valence-electron chi connectivity index (χ3n) is 3.00. The van der Waals surface area contributed by atoms with Gasteiger partial charge in [0, 0.05) is 6.07 Å². The lowest BCUT2D eigenvalue weighted by Crippen LogP contribution is -2.05. The highest BCUT2D eigenvalue weighted by molar-refractivity contribution is 5.85.